The van der Waals surface area contributed by atoms with E-state index in [9.17, 15) is 0 Å². The van der Waals surface area contributed by atoms with Crippen LogP contribution >= 0.6 is 11.3 Å². The van der Waals surface area contributed by atoms with Gasteiger partial charge in [-0.25, -0.2) is 4.98 Å². The highest BCUT2D eigenvalue weighted by atomic mass is 32.1. The van der Waals surface area contributed by atoms with Crippen molar-refractivity contribution in [3.63, 3.8) is 0 Å². The summed E-state index contributed by atoms with van der Waals surface area (Å²) in [4.78, 5) is 9.46. The Kier molecular flexibility index (Phi) is 2.59. The fourth-order valence-electron chi connectivity index (χ4n) is 1.07. The average molecular weight is 196 g/mol. The van der Waals surface area contributed by atoms with Crippen molar-refractivity contribution >= 4 is 17.0 Å². The molecule has 1 aromatic heterocycles. The number of nitrogens with zero attached hydrogens (tertiary/aromatic N) is 2. The van der Waals surface area contributed by atoms with E-state index >= 15 is 0 Å². The third-order valence-corrected chi connectivity index (χ3v) is 3.01. The molecular formula is C9H12N2OS. The second kappa shape index (κ2) is 3.87. The van der Waals surface area contributed by atoms with Crippen LogP contribution in [0, 0.1) is 0 Å². The van der Waals surface area contributed by atoms with Gasteiger partial charge in [-0.15, -0.1) is 11.3 Å². The first-order valence-corrected chi connectivity index (χ1v) is 5.34. The molecule has 1 aliphatic carbocycles. The minimum absolute atomic E-state index is 0.356. The summed E-state index contributed by atoms with van der Waals surface area (Å²) in [7, 11) is 0. The second-order valence-corrected chi connectivity index (χ2v) is 4.07. The van der Waals surface area contributed by atoms with E-state index in [-0.39, 0.29) is 0 Å². The van der Waals surface area contributed by atoms with Crippen molar-refractivity contribution in [1.82, 2.24) is 4.98 Å². The molecule has 0 N–H and O–H groups in total. The van der Waals surface area contributed by atoms with Crippen LogP contribution in [0.5, 0.6) is 0 Å². The van der Waals surface area contributed by atoms with Gasteiger partial charge in [-0.2, -0.15) is 0 Å². The summed E-state index contributed by atoms with van der Waals surface area (Å²) < 4.78 is 0. The first-order valence-electron chi connectivity index (χ1n) is 4.46. The Morgan fingerprint density at radius 1 is 1.69 bits per heavy atom. The molecule has 1 aliphatic rings. The third kappa shape index (κ3) is 2.06. The molecule has 0 saturated heterocycles. The molecule has 0 spiro atoms. The van der Waals surface area contributed by atoms with Gasteiger partial charge in [0, 0.05) is 11.6 Å². The van der Waals surface area contributed by atoms with Gasteiger partial charge in [0.15, 0.2) is 0 Å². The molecule has 2 rings (SSSR count). The zero-order valence-electron chi connectivity index (χ0n) is 7.56. The quantitative estimate of drug-likeness (QED) is 0.549. The lowest BCUT2D eigenvalue weighted by Crippen LogP contribution is -2.19. The summed E-state index contributed by atoms with van der Waals surface area (Å²) in [6, 6.07) is 0. The molecule has 0 atom stereocenters. The van der Waals surface area contributed by atoms with Crippen LogP contribution in [0.4, 0.5) is 0 Å². The van der Waals surface area contributed by atoms with Crippen LogP contribution in [-0.4, -0.2) is 16.8 Å². The molecule has 0 radical (unpaired) electrons. The molecule has 1 aromatic rings. The van der Waals surface area contributed by atoms with Gasteiger partial charge in [-0.05, 0) is 26.2 Å². The molecule has 0 bridgehead atoms. The number of oxime groups is 1. The van der Waals surface area contributed by atoms with Crippen molar-refractivity contribution in [2.24, 2.45) is 5.16 Å². The van der Waals surface area contributed by atoms with E-state index < -0.39 is 0 Å². The Hall–Kier alpha value is -0.900. The van der Waals surface area contributed by atoms with E-state index in [0.29, 0.717) is 6.10 Å². The topological polar surface area (TPSA) is 34.5 Å². The summed E-state index contributed by atoms with van der Waals surface area (Å²) in [5, 5.41) is 6.94. The summed E-state index contributed by atoms with van der Waals surface area (Å²) in [6.07, 6.45) is 5.71. The standard InChI is InChI=1S/C9H12N2OS/c1-7(9-10-5-6-13-9)11-12-8-3-2-4-8/h5-6,8H,2-4H2,1H3/b11-7-. The molecular weight excluding hydrogens is 184 g/mol. The predicted octanol–water partition coefficient (Wildman–Crippen LogP) is 2.44. The molecule has 1 fully saturated rings. The van der Waals surface area contributed by atoms with Crippen LogP contribution < -0.4 is 0 Å². The molecule has 70 valence electrons. The van der Waals surface area contributed by atoms with Crippen molar-refractivity contribution in [3.8, 4) is 0 Å². The van der Waals surface area contributed by atoms with Crippen molar-refractivity contribution in [2.45, 2.75) is 32.3 Å². The molecule has 1 saturated carbocycles. The normalized spacial score (nSPS) is 18.4. The van der Waals surface area contributed by atoms with Crippen molar-refractivity contribution < 1.29 is 4.84 Å². The maximum absolute atomic E-state index is 5.32. The lowest BCUT2D eigenvalue weighted by atomic mass is 9.97. The highest BCUT2D eigenvalue weighted by Gasteiger charge is 2.18. The van der Waals surface area contributed by atoms with Gasteiger partial charge in [0.05, 0.1) is 0 Å². The number of rotatable bonds is 3. The SMILES string of the molecule is C/C(=N/OC1CCC1)c1nccs1. The Labute approximate surface area is 81.4 Å². The Balaban J connectivity index is 1.91. The molecule has 3 nitrogen and oxygen atoms in total. The van der Waals surface area contributed by atoms with E-state index in [1.165, 1.54) is 6.42 Å². The van der Waals surface area contributed by atoms with Gasteiger partial charge in [-0.3, -0.25) is 0 Å². The van der Waals surface area contributed by atoms with Crippen LogP contribution in [0.2, 0.25) is 0 Å². The zero-order chi connectivity index (χ0) is 9.10. The first kappa shape index (κ1) is 8.69. The van der Waals surface area contributed by atoms with Gasteiger partial charge in [0.2, 0.25) is 0 Å². The van der Waals surface area contributed by atoms with Gasteiger partial charge < -0.3 is 4.84 Å². The fraction of sp³-hybridized carbons (Fsp3) is 0.556. The third-order valence-electron chi connectivity index (χ3n) is 2.13. The number of hydrogen-bond donors (Lipinski definition) is 0. The molecule has 0 aromatic carbocycles. The summed E-state index contributed by atoms with van der Waals surface area (Å²) in [5.74, 6) is 0. The average Bonchev–Trinajstić information content (AvgIpc) is 2.52. The van der Waals surface area contributed by atoms with Gasteiger partial charge in [0.1, 0.15) is 16.8 Å². The second-order valence-electron chi connectivity index (χ2n) is 3.17. The van der Waals surface area contributed by atoms with E-state index in [4.69, 9.17) is 4.84 Å². The maximum atomic E-state index is 5.32. The van der Waals surface area contributed by atoms with E-state index in [1.807, 2.05) is 12.3 Å². The smallest absolute Gasteiger partial charge is 0.140 e. The Morgan fingerprint density at radius 3 is 3.08 bits per heavy atom. The van der Waals surface area contributed by atoms with Crippen molar-refractivity contribution in [2.75, 3.05) is 0 Å². The summed E-state index contributed by atoms with van der Waals surface area (Å²) in [6.45, 7) is 1.93. The van der Waals surface area contributed by atoms with Crippen molar-refractivity contribution in [1.29, 1.82) is 0 Å². The van der Waals surface area contributed by atoms with Crippen LogP contribution in [0.3, 0.4) is 0 Å². The minimum atomic E-state index is 0.356. The van der Waals surface area contributed by atoms with E-state index in [0.717, 1.165) is 23.6 Å². The van der Waals surface area contributed by atoms with Crippen LogP contribution in [0.1, 0.15) is 31.2 Å². The monoisotopic (exact) mass is 196 g/mol. The minimum Gasteiger partial charge on any atom is -0.392 e. The van der Waals surface area contributed by atoms with Crippen LogP contribution in [-0.2, 0) is 4.84 Å². The molecule has 13 heavy (non-hydrogen) atoms. The Morgan fingerprint density at radius 2 is 2.54 bits per heavy atom. The largest absolute Gasteiger partial charge is 0.392 e. The van der Waals surface area contributed by atoms with Gasteiger partial charge in [0.25, 0.3) is 0 Å². The Bertz CT molecular complexity index is 291. The summed E-state index contributed by atoms with van der Waals surface area (Å²) in [5.41, 5.74) is 0.877. The molecule has 0 aliphatic heterocycles. The van der Waals surface area contributed by atoms with E-state index in [2.05, 4.69) is 10.1 Å². The van der Waals surface area contributed by atoms with Crippen LogP contribution in [0.15, 0.2) is 16.7 Å². The molecule has 1 heterocycles. The lowest BCUT2D eigenvalue weighted by molar-refractivity contribution is 0.00605. The molecule has 0 amide bonds. The first-order chi connectivity index (χ1) is 6.36. The predicted molar refractivity (Wildman–Crippen MR) is 53.0 cm³/mol. The number of hydrogen-bond acceptors (Lipinski definition) is 4. The fourth-order valence-corrected chi connectivity index (χ4v) is 1.65. The molecule has 4 heteroatoms. The number of thiazole rings is 1. The highest BCUT2D eigenvalue weighted by molar-refractivity contribution is 7.11. The van der Waals surface area contributed by atoms with E-state index in [1.54, 1.807) is 17.5 Å². The number of aromatic nitrogens is 1. The zero-order valence-corrected chi connectivity index (χ0v) is 8.38. The van der Waals surface area contributed by atoms with Crippen molar-refractivity contribution in [3.05, 3.63) is 16.6 Å². The lowest BCUT2D eigenvalue weighted by Gasteiger charge is -2.22. The van der Waals surface area contributed by atoms with Crippen LogP contribution in [0.25, 0.3) is 0 Å². The van der Waals surface area contributed by atoms with Gasteiger partial charge >= 0.3 is 0 Å². The summed E-state index contributed by atoms with van der Waals surface area (Å²) >= 11 is 1.59. The highest BCUT2D eigenvalue weighted by Crippen LogP contribution is 2.22. The molecule has 0 unspecified atom stereocenters. The maximum Gasteiger partial charge on any atom is 0.140 e. The van der Waals surface area contributed by atoms with Gasteiger partial charge in [-0.1, -0.05) is 5.16 Å².